The lowest BCUT2D eigenvalue weighted by Gasteiger charge is -2.24. The molecule has 1 atom stereocenters. The molecule has 0 aliphatic heterocycles. The maximum Gasteiger partial charge on any atom is 0.269 e. The molecule has 0 radical (unpaired) electrons. The number of nitrogens with one attached hydrogen (secondary N) is 1. The number of hydrogen-bond donors (Lipinski definition) is 1. The quantitative estimate of drug-likeness (QED) is 0.751. The first-order valence-electron chi connectivity index (χ1n) is 6.50. The number of anilines is 1. The van der Waals surface area contributed by atoms with Crippen molar-refractivity contribution >= 4 is 33.9 Å². The number of carbonyl (C=O) groups excluding carboxylic acids is 1. The molecule has 3 rings (SSSR count). The third kappa shape index (κ3) is 2.63. The number of fused-ring (bicyclic) bond motifs is 1. The van der Waals surface area contributed by atoms with E-state index in [1.54, 1.807) is 42.5 Å². The van der Waals surface area contributed by atoms with Gasteiger partial charge in [-0.25, -0.2) is 9.29 Å². The van der Waals surface area contributed by atoms with Crippen molar-refractivity contribution in [3.8, 4) is 0 Å². The largest absolute Gasteiger partial charge is 0.755 e. The van der Waals surface area contributed by atoms with Crippen LogP contribution >= 0.6 is 0 Å². The summed E-state index contributed by atoms with van der Waals surface area (Å²) in [4.78, 5) is 19.5. The van der Waals surface area contributed by atoms with Crippen molar-refractivity contribution in [1.82, 2.24) is 9.97 Å². The molecule has 2 aromatic carbocycles. The number of amides is 1. The first-order valence-corrected chi connectivity index (χ1v) is 7.53. The van der Waals surface area contributed by atoms with Crippen molar-refractivity contribution in [3.63, 3.8) is 0 Å². The molecule has 0 aliphatic carbocycles. The summed E-state index contributed by atoms with van der Waals surface area (Å²) in [5.74, 6) is -0.617. The molecule has 1 amide bonds. The fourth-order valence-corrected chi connectivity index (χ4v) is 2.67. The smallest absolute Gasteiger partial charge is 0.269 e. The molecule has 0 fully saturated rings. The van der Waals surface area contributed by atoms with Crippen molar-refractivity contribution in [2.45, 2.75) is 6.92 Å². The van der Waals surface area contributed by atoms with Crippen molar-refractivity contribution in [2.24, 2.45) is 0 Å². The minimum Gasteiger partial charge on any atom is -0.755 e. The van der Waals surface area contributed by atoms with Gasteiger partial charge in [0.2, 0.25) is 0 Å². The Morgan fingerprint density at radius 1 is 1.23 bits per heavy atom. The highest BCUT2D eigenvalue weighted by Gasteiger charge is 2.19. The lowest BCUT2D eigenvalue weighted by molar-refractivity contribution is 0.100. The number of nitrogens with zero attached hydrogens (tertiary/aromatic N) is 2. The second-order valence-corrected chi connectivity index (χ2v) is 5.59. The van der Waals surface area contributed by atoms with E-state index >= 15 is 0 Å². The predicted octanol–water partition coefficient (Wildman–Crippen LogP) is 2.31. The van der Waals surface area contributed by atoms with Crippen LogP contribution in [0.4, 0.5) is 5.69 Å². The Bertz CT molecular complexity index is 858. The third-order valence-corrected chi connectivity index (χ3v) is 3.94. The number of imidazole rings is 1. The molecular formula is C15H12N3O3S-. The molecule has 0 saturated heterocycles. The summed E-state index contributed by atoms with van der Waals surface area (Å²) >= 11 is -2.71. The Morgan fingerprint density at radius 2 is 1.95 bits per heavy atom. The van der Waals surface area contributed by atoms with E-state index in [9.17, 15) is 13.6 Å². The minimum atomic E-state index is -2.71. The zero-order valence-electron chi connectivity index (χ0n) is 11.6. The fraction of sp³-hybridized carbons (Fsp3) is 0.0667. The van der Waals surface area contributed by atoms with Crippen molar-refractivity contribution in [3.05, 3.63) is 59.9 Å². The molecule has 7 heteroatoms. The molecule has 22 heavy (non-hydrogen) atoms. The normalized spacial score (nSPS) is 12.3. The Kier molecular flexibility index (Phi) is 3.74. The second-order valence-electron chi connectivity index (χ2n) is 4.79. The zero-order valence-corrected chi connectivity index (χ0v) is 12.5. The first kappa shape index (κ1) is 14.4. The van der Waals surface area contributed by atoms with Crippen LogP contribution in [0.25, 0.3) is 11.0 Å². The van der Waals surface area contributed by atoms with E-state index in [4.69, 9.17) is 0 Å². The average molecular weight is 314 g/mol. The SMILES string of the molecule is Cc1ccc(N(C(=O)c2ccc3nc[nH]c3c2)S(=O)[O-])cc1. The second kappa shape index (κ2) is 5.70. The van der Waals surface area contributed by atoms with Gasteiger partial charge in [-0.15, -0.1) is 0 Å². The molecule has 1 unspecified atom stereocenters. The van der Waals surface area contributed by atoms with Crippen LogP contribution in [-0.2, 0) is 11.3 Å². The van der Waals surface area contributed by atoms with Crippen molar-refractivity contribution in [1.29, 1.82) is 0 Å². The van der Waals surface area contributed by atoms with Gasteiger partial charge in [-0.3, -0.25) is 9.00 Å². The number of hydrogen-bond acceptors (Lipinski definition) is 4. The summed E-state index contributed by atoms with van der Waals surface area (Å²) in [5.41, 5.74) is 2.93. The molecule has 1 aromatic heterocycles. The Labute approximate surface area is 129 Å². The number of benzene rings is 2. The zero-order chi connectivity index (χ0) is 15.7. The number of rotatable bonds is 3. The van der Waals surface area contributed by atoms with Crippen LogP contribution < -0.4 is 4.31 Å². The molecule has 1 heterocycles. The van der Waals surface area contributed by atoms with Gasteiger partial charge in [0.1, 0.15) is 0 Å². The molecule has 0 bridgehead atoms. The standard InChI is InChI=1S/C15H13N3O3S/c1-10-2-5-12(6-3-10)18(22(20)21)15(19)11-4-7-13-14(8-11)17-9-16-13/h2-9H,1H3,(H,16,17)(H,20,21)/p-1. The van der Waals surface area contributed by atoms with Gasteiger partial charge in [0.05, 0.1) is 34.3 Å². The summed E-state index contributed by atoms with van der Waals surface area (Å²) in [6.45, 7) is 1.89. The lowest BCUT2D eigenvalue weighted by Crippen LogP contribution is -2.32. The Hall–Kier alpha value is -2.51. The highest BCUT2D eigenvalue weighted by Crippen LogP contribution is 2.21. The molecule has 6 nitrogen and oxygen atoms in total. The van der Waals surface area contributed by atoms with Gasteiger partial charge >= 0.3 is 0 Å². The summed E-state index contributed by atoms with van der Waals surface area (Å²) in [5, 5.41) is 0. The summed E-state index contributed by atoms with van der Waals surface area (Å²) in [6.07, 6.45) is 1.52. The average Bonchev–Trinajstić information content (AvgIpc) is 2.96. The van der Waals surface area contributed by atoms with Gasteiger partial charge in [0.15, 0.2) is 0 Å². The number of H-pyrrole nitrogens is 1. The van der Waals surface area contributed by atoms with Gasteiger partial charge in [-0.2, -0.15) is 0 Å². The van der Waals surface area contributed by atoms with Gasteiger partial charge in [-0.1, -0.05) is 17.7 Å². The molecular weight excluding hydrogens is 302 g/mol. The first-order chi connectivity index (χ1) is 10.6. The van der Waals surface area contributed by atoms with E-state index in [-0.39, 0.29) is 5.56 Å². The van der Waals surface area contributed by atoms with E-state index < -0.39 is 17.2 Å². The highest BCUT2D eigenvalue weighted by atomic mass is 32.2. The number of aryl methyl sites for hydroxylation is 1. The molecule has 1 N–H and O–H groups in total. The van der Waals surface area contributed by atoms with Gasteiger partial charge < -0.3 is 9.54 Å². The van der Waals surface area contributed by atoms with Crippen LogP contribution in [0.3, 0.4) is 0 Å². The molecule has 0 saturated carbocycles. The van der Waals surface area contributed by atoms with E-state index in [0.29, 0.717) is 16.7 Å². The van der Waals surface area contributed by atoms with Gasteiger partial charge in [0, 0.05) is 5.56 Å². The predicted molar refractivity (Wildman–Crippen MR) is 83.0 cm³/mol. The summed E-state index contributed by atoms with van der Waals surface area (Å²) < 4.78 is 23.7. The maximum absolute atomic E-state index is 12.5. The van der Waals surface area contributed by atoms with Crippen LogP contribution in [0.5, 0.6) is 0 Å². The van der Waals surface area contributed by atoms with E-state index in [0.717, 1.165) is 9.87 Å². The number of aromatic amines is 1. The summed E-state index contributed by atoms with van der Waals surface area (Å²) in [7, 11) is 0. The number of aromatic nitrogens is 2. The van der Waals surface area contributed by atoms with Crippen LogP contribution in [0, 0.1) is 6.92 Å². The van der Waals surface area contributed by atoms with Crippen LogP contribution in [0.1, 0.15) is 15.9 Å². The van der Waals surface area contributed by atoms with Crippen LogP contribution in [-0.4, -0.2) is 24.6 Å². The highest BCUT2D eigenvalue weighted by molar-refractivity contribution is 7.81. The molecule has 3 aromatic rings. The van der Waals surface area contributed by atoms with E-state index in [2.05, 4.69) is 9.97 Å². The summed E-state index contributed by atoms with van der Waals surface area (Å²) in [6, 6.07) is 11.5. The molecule has 112 valence electrons. The third-order valence-electron chi connectivity index (χ3n) is 3.27. The maximum atomic E-state index is 12.5. The van der Waals surface area contributed by atoms with Gasteiger partial charge in [0.25, 0.3) is 5.91 Å². The minimum absolute atomic E-state index is 0.265. The Balaban J connectivity index is 2.02. The Morgan fingerprint density at radius 3 is 2.64 bits per heavy atom. The molecule has 0 spiro atoms. The fourth-order valence-electron chi connectivity index (χ4n) is 2.14. The van der Waals surface area contributed by atoms with E-state index in [1.807, 2.05) is 6.92 Å². The number of carbonyl (C=O) groups is 1. The van der Waals surface area contributed by atoms with Crippen molar-refractivity contribution in [2.75, 3.05) is 4.31 Å². The van der Waals surface area contributed by atoms with Crippen LogP contribution in [0.15, 0.2) is 48.8 Å². The van der Waals surface area contributed by atoms with Gasteiger partial charge in [-0.05, 0) is 37.3 Å². The monoisotopic (exact) mass is 314 g/mol. The van der Waals surface area contributed by atoms with Crippen LogP contribution in [0.2, 0.25) is 0 Å². The lowest BCUT2D eigenvalue weighted by atomic mass is 10.1. The molecule has 0 aliphatic rings. The van der Waals surface area contributed by atoms with Crippen molar-refractivity contribution < 1.29 is 13.6 Å². The topological polar surface area (TPSA) is 89.1 Å². The van der Waals surface area contributed by atoms with E-state index in [1.165, 1.54) is 6.33 Å².